The summed E-state index contributed by atoms with van der Waals surface area (Å²) in [4.78, 5) is 12.1. The lowest BCUT2D eigenvalue weighted by Gasteiger charge is -2.38. The number of para-hydroxylation sites is 1. The van der Waals surface area contributed by atoms with E-state index in [1.807, 2.05) is 44.2 Å². The van der Waals surface area contributed by atoms with E-state index < -0.39 is 0 Å². The number of rotatable bonds is 4. The van der Waals surface area contributed by atoms with Gasteiger partial charge in [0.25, 0.3) is 0 Å². The van der Waals surface area contributed by atoms with E-state index in [1.165, 1.54) is 5.56 Å². The van der Waals surface area contributed by atoms with Crippen molar-refractivity contribution in [1.82, 2.24) is 0 Å². The Morgan fingerprint density at radius 2 is 2.04 bits per heavy atom. The zero-order valence-corrected chi connectivity index (χ0v) is 15.8. The summed E-state index contributed by atoms with van der Waals surface area (Å²) < 4.78 is 0. The molecule has 3 atom stereocenters. The Labute approximate surface area is 160 Å². The molecular formula is C23H26N2O2. The molecule has 0 saturated heterocycles. The molecule has 0 radical (unpaired) electrons. The van der Waals surface area contributed by atoms with Crippen LogP contribution in [0, 0.1) is 11.8 Å². The van der Waals surface area contributed by atoms with Gasteiger partial charge >= 0.3 is 0 Å². The SMILES string of the molecule is CC(C)CC(=O)Nc1ccc2c(c1)C1C=CCC1C(c1ccccc1O)N2. The maximum atomic E-state index is 12.1. The van der Waals surface area contributed by atoms with Crippen molar-refractivity contribution in [2.75, 3.05) is 10.6 Å². The first-order chi connectivity index (χ1) is 13.0. The van der Waals surface area contributed by atoms with E-state index in [4.69, 9.17) is 0 Å². The molecule has 27 heavy (non-hydrogen) atoms. The molecule has 2 aromatic rings. The first-order valence-electron chi connectivity index (χ1n) is 9.68. The third kappa shape index (κ3) is 3.44. The Bertz CT molecular complexity index is 888. The maximum Gasteiger partial charge on any atom is 0.224 e. The third-order valence-electron chi connectivity index (χ3n) is 5.51. The number of anilines is 2. The van der Waals surface area contributed by atoms with Crippen LogP contribution in [0.2, 0.25) is 0 Å². The second-order valence-corrected chi connectivity index (χ2v) is 7.98. The van der Waals surface area contributed by atoms with Crippen molar-refractivity contribution in [3.8, 4) is 5.75 Å². The number of nitrogens with one attached hydrogen (secondary N) is 2. The van der Waals surface area contributed by atoms with Gasteiger partial charge in [-0.25, -0.2) is 0 Å². The van der Waals surface area contributed by atoms with Gasteiger partial charge in [-0.05, 0) is 48.1 Å². The van der Waals surface area contributed by atoms with Crippen LogP contribution in [0.4, 0.5) is 11.4 Å². The molecule has 0 fully saturated rings. The van der Waals surface area contributed by atoms with Crippen LogP contribution >= 0.6 is 0 Å². The zero-order valence-electron chi connectivity index (χ0n) is 15.8. The van der Waals surface area contributed by atoms with Gasteiger partial charge in [0.05, 0.1) is 6.04 Å². The highest BCUT2D eigenvalue weighted by Gasteiger charge is 2.38. The molecule has 3 N–H and O–H groups in total. The standard InChI is InChI=1S/C23H26N2O2/c1-14(2)12-22(27)24-15-10-11-20-19(13-15)16-7-5-8-17(16)23(25-20)18-6-3-4-9-21(18)26/h3-7,9-11,13-14,16-17,23,25-26H,8,12H2,1-2H3,(H,24,27). The monoisotopic (exact) mass is 362 g/mol. The van der Waals surface area contributed by atoms with Crippen LogP contribution in [0.3, 0.4) is 0 Å². The first kappa shape index (κ1) is 17.7. The van der Waals surface area contributed by atoms with Gasteiger partial charge in [-0.3, -0.25) is 4.79 Å². The molecule has 1 aliphatic heterocycles. The van der Waals surface area contributed by atoms with Crippen LogP contribution in [0.15, 0.2) is 54.6 Å². The van der Waals surface area contributed by atoms with Gasteiger partial charge in [-0.1, -0.05) is 44.2 Å². The van der Waals surface area contributed by atoms with Crippen LogP contribution in [-0.2, 0) is 4.79 Å². The summed E-state index contributed by atoms with van der Waals surface area (Å²) in [5, 5.41) is 17.0. The van der Waals surface area contributed by atoms with Gasteiger partial charge in [0, 0.05) is 29.3 Å². The van der Waals surface area contributed by atoms with Gasteiger partial charge in [0.15, 0.2) is 0 Å². The van der Waals surface area contributed by atoms with E-state index in [9.17, 15) is 9.90 Å². The highest BCUT2D eigenvalue weighted by atomic mass is 16.3. The van der Waals surface area contributed by atoms with Gasteiger partial charge in [0.2, 0.25) is 5.91 Å². The summed E-state index contributed by atoms with van der Waals surface area (Å²) >= 11 is 0. The van der Waals surface area contributed by atoms with Crippen LogP contribution in [0.25, 0.3) is 0 Å². The van der Waals surface area contributed by atoms with E-state index in [1.54, 1.807) is 6.07 Å². The normalized spacial score (nSPS) is 22.9. The smallest absolute Gasteiger partial charge is 0.224 e. The lowest BCUT2D eigenvalue weighted by Crippen LogP contribution is -2.29. The van der Waals surface area contributed by atoms with Crippen molar-refractivity contribution in [1.29, 1.82) is 0 Å². The number of fused-ring (bicyclic) bond motifs is 3. The summed E-state index contributed by atoms with van der Waals surface area (Å²) in [6.45, 7) is 4.09. The van der Waals surface area contributed by atoms with Crippen molar-refractivity contribution in [3.63, 3.8) is 0 Å². The number of allylic oxidation sites excluding steroid dienone is 2. The van der Waals surface area contributed by atoms with E-state index in [-0.39, 0.29) is 17.9 Å². The molecule has 140 valence electrons. The topological polar surface area (TPSA) is 61.4 Å². The van der Waals surface area contributed by atoms with Gasteiger partial charge in [-0.2, -0.15) is 0 Å². The van der Waals surface area contributed by atoms with E-state index in [0.29, 0.717) is 24.0 Å². The van der Waals surface area contributed by atoms with Crippen LogP contribution in [0.5, 0.6) is 5.75 Å². The molecule has 2 aromatic carbocycles. The highest BCUT2D eigenvalue weighted by Crippen LogP contribution is 2.51. The lowest BCUT2D eigenvalue weighted by molar-refractivity contribution is -0.116. The average Bonchev–Trinajstić information content (AvgIpc) is 3.11. The fourth-order valence-electron chi connectivity index (χ4n) is 4.31. The predicted octanol–water partition coefficient (Wildman–Crippen LogP) is 5.20. The summed E-state index contributed by atoms with van der Waals surface area (Å²) in [5.74, 6) is 1.37. The quantitative estimate of drug-likeness (QED) is 0.655. The van der Waals surface area contributed by atoms with Crippen molar-refractivity contribution in [2.45, 2.75) is 38.6 Å². The second-order valence-electron chi connectivity index (χ2n) is 7.98. The largest absolute Gasteiger partial charge is 0.508 e. The van der Waals surface area contributed by atoms with Crippen LogP contribution in [-0.4, -0.2) is 11.0 Å². The average molecular weight is 362 g/mol. The minimum atomic E-state index is 0.0549. The third-order valence-corrected chi connectivity index (χ3v) is 5.51. The molecule has 4 rings (SSSR count). The predicted molar refractivity (Wildman–Crippen MR) is 109 cm³/mol. The molecule has 2 aliphatic rings. The van der Waals surface area contributed by atoms with Gasteiger partial charge in [-0.15, -0.1) is 0 Å². The fourth-order valence-corrected chi connectivity index (χ4v) is 4.31. The second kappa shape index (κ2) is 7.10. The Kier molecular flexibility index (Phi) is 4.65. The molecule has 0 aromatic heterocycles. The Morgan fingerprint density at radius 3 is 2.81 bits per heavy atom. The molecule has 1 aliphatic carbocycles. The molecule has 4 nitrogen and oxygen atoms in total. The number of hydrogen-bond acceptors (Lipinski definition) is 3. The molecular weight excluding hydrogens is 336 g/mol. The number of phenols is 1. The van der Waals surface area contributed by atoms with E-state index >= 15 is 0 Å². The maximum absolute atomic E-state index is 12.1. The molecule has 1 heterocycles. The van der Waals surface area contributed by atoms with Crippen molar-refractivity contribution in [3.05, 3.63) is 65.7 Å². The number of hydrogen-bond donors (Lipinski definition) is 3. The first-order valence-corrected chi connectivity index (χ1v) is 9.68. The van der Waals surface area contributed by atoms with Gasteiger partial charge < -0.3 is 15.7 Å². The van der Waals surface area contributed by atoms with Crippen LogP contribution < -0.4 is 10.6 Å². The van der Waals surface area contributed by atoms with E-state index in [0.717, 1.165) is 23.4 Å². The fraction of sp³-hybridized carbons (Fsp3) is 0.348. The summed E-state index contributed by atoms with van der Waals surface area (Å²) in [5.41, 5.74) is 4.07. The number of carbonyl (C=O) groups excluding carboxylic acids is 1. The van der Waals surface area contributed by atoms with Crippen molar-refractivity contribution in [2.24, 2.45) is 11.8 Å². The molecule has 0 bridgehead atoms. The number of amides is 1. The Balaban J connectivity index is 1.64. The van der Waals surface area contributed by atoms with Crippen molar-refractivity contribution >= 4 is 17.3 Å². The minimum Gasteiger partial charge on any atom is -0.508 e. The summed E-state index contributed by atoms with van der Waals surface area (Å²) in [6, 6.07) is 13.7. The number of benzene rings is 2. The Hall–Kier alpha value is -2.75. The number of carbonyl (C=O) groups is 1. The van der Waals surface area contributed by atoms with E-state index in [2.05, 4.69) is 28.9 Å². The molecule has 3 unspecified atom stereocenters. The molecule has 0 saturated carbocycles. The minimum absolute atomic E-state index is 0.0549. The summed E-state index contributed by atoms with van der Waals surface area (Å²) in [6.07, 6.45) is 5.98. The van der Waals surface area contributed by atoms with Gasteiger partial charge in [0.1, 0.15) is 5.75 Å². The number of aromatic hydroxyl groups is 1. The highest BCUT2D eigenvalue weighted by molar-refractivity contribution is 5.91. The Morgan fingerprint density at radius 1 is 1.22 bits per heavy atom. The van der Waals surface area contributed by atoms with Crippen LogP contribution in [0.1, 0.15) is 49.8 Å². The molecule has 0 spiro atoms. The molecule has 1 amide bonds. The van der Waals surface area contributed by atoms with Crippen molar-refractivity contribution < 1.29 is 9.90 Å². The zero-order chi connectivity index (χ0) is 19.0. The molecule has 4 heteroatoms. The number of phenolic OH excluding ortho intramolecular Hbond substituents is 1. The summed E-state index contributed by atoms with van der Waals surface area (Å²) in [7, 11) is 0. The lowest BCUT2D eigenvalue weighted by atomic mass is 9.76.